The van der Waals surface area contributed by atoms with Crippen molar-refractivity contribution < 1.29 is 19.7 Å². The number of benzene rings is 1. The maximum atomic E-state index is 12.8. The van der Waals surface area contributed by atoms with Crippen LogP contribution in [0.1, 0.15) is 12.0 Å². The van der Waals surface area contributed by atoms with Gasteiger partial charge in [-0.25, -0.2) is 0 Å². The minimum absolute atomic E-state index is 0.0421. The van der Waals surface area contributed by atoms with Crippen LogP contribution in [-0.4, -0.2) is 97.5 Å². The summed E-state index contributed by atoms with van der Waals surface area (Å²) in [7, 11) is 1.82. The van der Waals surface area contributed by atoms with Crippen LogP contribution in [0, 0.1) is 0 Å². The monoisotopic (exact) mass is 425 g/mol. The van der Waals surface area contributed by atoms with Crippen LogP contribution in [0.4, 0.5) is 0 Å². The predicted octanol–water partition coefficient (Wildman–Crippen LogP) is 0.191. The van der Waals surface area contributed by atoms with E-state index in [2.05, 4.69) is 20.5 Å². The summed E-state index contributed by atoms with van der Waals surface area (Å²) in [5, 5.41) is 19.2. The standard InChI is InChI=1S/C18H23N3O4Se/c1-19-16(11-13-9-14(22)12-15(23)10-13)17(24)21(18(19)26)4-2-3-20-5-7-25-8-6-20/h9-12,22-23H,2-8H2,1H3/b16-11+. The number of ether oxygens (including phenoxy) is 1. The molecule has 0 unspecified atom stereocenters. The molecule has 0 spiro atoms. The number of aromatic hydroxyl groups is 2. The molecule has 1 amide bonds. The van der Waals surface area contributed by atoms with E-state index in [0.717, 1.165) is 43.9 Å². The van der Waals surface area contributed by atoms with E-state index in [9.17, 15) is 15.0 Å². The molecule has 2 saturated heterocycles. The number of likely N-dealkylation sites (N-methyl/N-ethyl adjacent to an activating group) is 1. The van der Waals surface area contributed by atoms with Gasteiger partial charge >= 0.3 is 160 Å². The van der Waals surface area contributed by atoms with E-state index in [4.69, 9.17) is 4.74 Å². The third kappa shape index (κ3) is 4.27. The molecule has 0 aliphatic carbocycles. The van der Waals surface area contributed by atoms with Gasteiger partial charge in [0.15, 0.2) is 0 Å². The molecule has 8 heteroatoms. The number of hydrogen-bond acceptors (Lipinski definition) is 6. The Morgan fingerprint density at radius 1 is 1.15 bits per heavy atom. The first-order valence-electron chi connectivity index (χ1n) is 8.60. The number of phenolic OH excluding ortho intramolecular Hbond substituents is 2. The third-order valence-electron chi connectivity index (χ3n) is 4.53. The fraction of sp³-hybridized carbons (Fsp3) is 0.444. The average Bonchev–Trinajstić information content (AvgIpc) is 2.80. The molecule has 140 valence electrons. The van der Waals surface area contributed by atoms with Crippen molar-refractivity contribution in [3.63, 3.8) is 0 Å². The van der Waals surface area contributed by atoms with Gasteiger partial charge in [-0.05, 0) is 0 Å². The Hall–Kier alpha value is -1.86. The van der Waals surface area contributed by atoms with Gasteiger partial charge in [0.1, 0.15) is 0 Å². The Morgan fingerprint density at radius 3 is 2.46 bits per heavy atom. The van der Waals surface area contributed by atoms with E-state index in [1.54, 1.807) is 15.9 Å². The second-order valence-electron chi connectivity index (χ2n) is 6.42. The molecular weight excluding hydrogens is 401 g/mol. The zero-order chi connectivity index (χ0) is 18.7. The van der Waals surface area contributed by atoms with Crippen LogP contribution in [0.2, 0.25) is 0 Å². The Bertz CT molecular complexity index is 711. The summed E-state index contributed by atoms with van der Waals surface area (Å²) in [6.07, 6.45) is 2.55. The number of nitrogens with zero attached hydrogens (tertiary/aromatic N) is 3. The third-order valence-corrected chi connectivity index (χ3v) is 5.57. The van der Waals surface area contributed by atoms with Crippen LogP contribution in [0.3, 0.4) is 0 Å². The van der Waals surface area contributed by atoms with E-state index < -0.39 is 0 Å². The topological polar surface area (TPSA) is 76.5 Å². The zero-order valence-corrected chi connectivity index (χ0v) is 16.4. The van der Waals surface area contributed by atoms with Gasteiger partial charge in [0.25, 0.3) is 0 Å². The van der Waals surface area contributed by atoms with Crippen LogP contribution in [0.5, 0.6) is 11.5 Å². The van der Waals surface area contributed by atoms with Crippen molar-refractivity contribution in [1.29, 1.82) is 0 Å². The van der Waals surface area contributed by atoms with Crippen molar-refractivity contribution in [3.8, 4) is 11.5 Å². The molecule has 2 aliphatic rings. The van der Waals surface area contributed by atoms with Crippen molar-refractivity contribution in [2.75, 3.05) is 46.4 Å². The van der Waals surface area contributed by atoms with Gasteiger partial charge in [0.05, 0.1) is 0 Å². The van der Waals surface area contributed by atoms with Gasteiger partial charge in [0.2, 0.25) is 0 Å². The quantitative estimate of drug-likeness (QED) is 0.519. The van der Waals surface area contributed by atoms with Gasteiger partial charge < -0.3 is 0 Å². The van der Waals surface area contributed by atoms with Gasteiger partial charge in [-0.3, -0.25) is 0 Å². The molecular formula is C18H23N3O4Se. The second-order valence-corrected chi connectivity index (χ2v) is 7.18. The average molecular weight is 424 g/mol. The first-order chi connectivity index (χ1) is 12.5. The molecule has 7 nitrogen and oxygen atoms in total. The van der Waals surface area contributed by atoms with E-state index in [0.29, 0.717) is 17.8 Å². The molecule has 0 radical (unpaired) electrons. The van der Waals surface area contributed by atoms with E-state index in [1.165, 1.54) is 18.2 Å². The summed E-state index contributed by atoms with van der Waals surface area (Å²) < 4.78 is 6.11. The van der Waals surface area contributed by atoms with Crippen LogP contribution < -0.4 is 0 Å². The predicted molar refractivity (Wildman–Crippen MR) is 99.9 cm³/mol. The SMILES string of the molecule is CN1C(=[Se])N(CCCN2CCOCC2)C(=O)/C1=C\c1cc(O)cc(O)c1. The molecule has 0 saturated carbocycles. The van der Waals surface area contributed by atoms with Gasteiger partial charge in [-0.15, -0.1) is 0 Å². The summed E-state index contributed by atoms with van der Waals surface area (Å²) in [5.41, 5.74) is 1.07. The number of carbonyl (C=O) groups excluding carboxylic acids is 1. The first-order valence-corrected chi connectivity index (χ1v) is 9.46. The molecule has 1 aromatic rings. The van der Waals surface area contributed by atoms with E-state index >= 15 is 0 Å². The van der Waals surface area contributed by atoms with Crippen molar-refractivity contribution in [3.05, 3.63) is 29.5 Å². The number of amides is 1. The molecule has 0 aromatic heterocycles. The van der Waals surface area contributed by atoms with Crippen LogP contribution in [-0.2, 0) is 9.53 Å². The number of morpholine rings is 1. The van der Waals surface area contributed by atoms with E-state index in [1.807, 2.05) is 7.05 Å². The molecule has 0 atom stereocenters. The Balaban J connectivity index is 1.66. The molecule has 26 heavy (non-hydrogen) atoms. The molecule has 2 heterocycles. The van der Waals surface area contributed by atoms with Crippen molar-refractivity contribution in [2.24, 2.45) is 0 Å². The number of hydrogen-bond donors (Lipinski definition) is 2. The van der Waals surface area contributed by atoms with Crippen molar-refractivity contribution in [2.45, 2.75) is 6.42 Å². The maximum absolute atomic E-state index is 12.8. The number of rotatable bonds is 5. The summed E-state index contributed by atoms with van der Waals surface area (Å²) in [4.78, 5) is 18.7. The molecule has 2 aliphatic heterocycles. The zero-order valence-electron chi connectivity index (χ0n) is 14.7. The van der Waals surface area contributed by atoms with Gasteiger partial charge in [-0.2, -0.15) is 0 Å². The Labute approximate surface area is 160 Å². The molecule has 2 fully saturated rings. The summed E-state index contributed by atoms with van der Waals surface area (Å²) in [6.45, 7) is 4.99. The van der Waals surface area contributed by atoms with Crippen molar-refractivity contribution >= 4 is 32.2 Å². The normalized spacial score (nSPS) is 20.4. The number of carbonyl (C=O) groups is 1. The second kappa shape index (κ2) is 8.22. The Kier molecular flexibility index (Phi) is 5.98. The van der Waals surface area contributed by atoms with Crippen LogP contribution in [0.15, 0.2) is 23.9 Å². The van der Waals surface area contributed by atoms with Crippen molar-refractivity contribution in [1.82, 2.24) is 14.7 Å². The first kappa shape index (κ1) is 18.9. The van der Waals surface area contributed by atoms with Gasteiger partial charge in [0, 0.05) is 0 Å². The number of phenols is 2. The summed E-state index contributed by atoms with van der Waals surface area (Å²) in [5.74, 6) is -0.176. The fourth-order valence-corrected chi connectivity index (χ4v) is 3.72. The van der Waals surface area contributed by atoms with Crippen LogP contribution >= 0.6 is 0 Å². The molecule has 2 N–H and O–H groups in total. The Morgan fingerprint density at radius 2 is 1.81 bits per heavy atom. The molecule has 0 bridgehead atoms. The summed E-state index contributed by atoms with van der Waals surface area (Å²) >= 11 is 2.97. The van der Waals surface area contributed by atoms with Gasteiger partial charge in [-0.1, -0.05) is 0 Å². The minimum atomic E-state index is -0.0916. The molecule has 3 rings (SSSR count). The summed E-state index contributed by atoms with van der Waals surface area (Å²) in [6, 6.07) is 4.27. The van der Waals surface area contributed by atoms with E-state index in [-0.39, 0.29) is 17.4 Å². The molecule has 1 aromatic carbocycles. The van der Waals surface area contributed by atoms with Crippen LogP contribution in [0.25, 0.3) is 6.08 Å². The fourth-order valence-electron chi connectivity index (χ4n) is 3.14.